The van der Waals surface area contributed by atoms with Crippen LogP contribution in [-0.2, 0) is 11.4 Å². The van der Waals surface area contributed by atoms with Gasteiger partial charge in [0.1, 0.15) is 0 Å². The number of carboxylic acid groups (broad SMARTS) is 1. The fourth-order valence-corrected chi connectivity index (χ4v) is 0.726. The van der Waals surface area contributed by atoms with Gasteiger partial charge in [0, 0.05) is 6.08 Å². The number of aliphatic hydroxyl groups is 1. The highest BCUT2D eigenvalue weighted by atomic mass is 16.4. The van der Waals surface area contributed by atoms with Gasteiger partial charge in [-0.2, -0.15) is 0 Å². The molecule has 3 heteroatoms. The van der Waals surface area contributed by atoms with Gasteiger partial charge in [-0.3, -0.25) is 0 Å². The Balaban J connectivity index is 0.000000255. The van der Waals surface area contributed by atoms with E-state index in [1.807, 2.05) is 30.3 Å². The predicted octanol–water partition coefficient (Wildman–Crippen LogP) is 1.83. The van der Waals surface area contributed by atoms with E-state index in [0.717, 1.165) is 11.6 Å². The maximum Gasteiger partial charge on any atom is 0.327 e. The second-order valence-electron chi connectivity index (χ2n) is 2.48. The quantitative estimate of drug-likeness (QED) is 0.706. The number of aliphatic hydroxyl groups excluding tert-OH is 1. The second kappa shape index (κ2) is 8.01. The second-order valence-corrected chi connectivity index (χ2v) is 2.48. The number of hydrogen-bond acceptors (Lipinski definition) is 2. The van der Waals surface area contributed by atoms with Crippen LogP contribution in [0, 0.1) is 0 Å². The van der Waals surface area contributed by atoms with Gasteiger partial charge in [0.15, 0.2) is 0 Å². The van der Waals surface area contributed by atoms with Crippen LogP contribution in [-0.4, -0.2) is 16.2 Å². The summed E-state index contributed by atoms with van der Waals surface area (Å²) in [5.41, 5.74) is 0.965. The number of carbonyl (C=O) groups is 1. The number of aliphatic carboxylic acids is 1. The van der Waals surface area contributed by atoms with Crippen molar-refractivity contribution in [2.24, 2.45) is 0 Å². The lowest BCUT2D eigenvalue weighted by Gasteiger charge is -1.89. The highest BCUT2D eigenvalue weighted by Crippen LogP contribution is 1.95. The zero-order chi connectivity index (χ0) is 10.8. The molecule has 0 heterocycles. The molecule has 0 saturated heterocycles. The van der Waals surface area contributed by atoms with Crippen molar-refractivity contribution in [1.29, 1.82) is 0 Å². The zero-order valence-corrected chi connectivity index (χ0v) is 8.05. The Hall–Kier alpha value is -1.61. The third kappa shape index (κ3) is 7.06. The third-order valence-electron chi connectivity index (χ3n) is 1.33. The summed E-state index contributed by atoms with van der Waals surface area (Å²) in [5.74, 6) is -0.891. The maximum atomic E-state index is 9.51. The van der Waals surface area contributed by atoms with Gasteiger partial charge in [-0.05, 0) is 12.5 Å². The normalized spacial score (nSPS) is 9.29. The van der Waals surface area contributed by atoms with E-state index in [0.29, 0.717) is 0 Å². The molecule has 0 aliphatic rings. The molecule has 1 aromatic carbocycles. The van der Waals surface area contributed by atoms with E-state index in [4.69, 9.17) is 10.2 Å². The van der Waals surface area contributed by atoms with Gasteiger partial charge in [0.2, 0.25) is 0 Å². The number of allylic oxidation sites excluding steroid dienone is 1. The minimum atomic E-state index is -0.891. The minimum absolute atomic E-state index is 0.140. The minimum Gasteiger partial charge on any atom is -0.478 e. The molecule has 0 aliphatic heterocycles. The summed E-state index contributed by atoms with van der Waals surface area (Å²) in [6.07, 6.45) is 2.56. The van der Waals surface area contributed by atoms with Crippen molar-refractivity contribution in [3.63, 3.8) is 0 Å². The van der Waals surface area contributed by atoms with Crippen LogP contribution in [0.15, 0.2) is 42.5 Å². The Morgan fingerprint density at radius 2 is 1.93 bits per heavy atom. The molecule has 0 bridgehead atoms. The Morgan fingerprint density at radius 3 is 2.14 bits per heavy atom. The third-order valence-corrected chi connectivity index (χ3v) is 1.33. The molecule has 0 atom stereocenters. The summed E-state index contributed by atoms with van der Waals surface area (Å²) in [6, 6.07) is 9.52. The van der Waals surface area contributed by atoms with E-state index < -0.39 is 5.97 Å². The average Bonchev–Trinajstić information content (AvgIpc) is 2.20. The van der Waals surface area contributed by atoms with Crippen molar-refractivity contribution >= 4 is 5.97 Å². The van der Waals surface area contributed by atoms with E-state index in [9.17, 15) is 4.79 Å². The summed E-state index contributed by atoms with van der Waals surface area (Å²) in [6.45, 7) is 1.80. The molecule has 3 nitrogen and oxygen atoms in total. The summed E-state index contributed by atoms with van der Waals surface area (Å²) >= 11 is 0. The maximum absolute atomic E-state index is 9.51. The highest BCUT2D eigenvalue weighted by Gasteiger charge is 1.81. The first-order valence-corrected chi connectivity index (χ1v) is 4.21. The van der Waals surface area contributed by atoms with Gasteiger partial charge in [-0.1, -0.05) is 36.4 Å². The summed E-state index contributed by atoms with van der Waals surface area (Å²) in [5, 5.41) is 16.4. The molecule has 0 spiro atoms. The van der Waals surface area contributed by atoms with E-state index >= 15 is 0 Å². The molecule has 76 valence electrons. The molecule has 0 saturated carbocycles. The number of carboxylic acids is 1. The molecule has 0 unspecified atom stereocenters. The van der Waals surface area contributed by atoms with Crippen LogP contribution >= 0.6 is 0 Å². The van der Waals surface area contributed by atoms with Crippen molar-refractivity contribution in [3.05, 3.63) is 48.0 Å². The predicted molar refractivity (Wildman–Crippen MR) is 54.8 cm³/mol. The fraction of sp³-hybridized carbons (Fsp3) is 0.182. The van der Waals surface area contributed by atoms with Crippen LogP contribution in [0.25, 0.3) is 0 Å². The van der Waals surface area contributed by atoms with Gasteiger partial charge >= 0.3 is 5.97 Å². The molecule has 1 rings (SSSR count). The number of hydrogen-bond donors (Lipinski definition) is 2. The average molecular weight is 194 g/mol. The molecular weight excluding hydrogens is 180 g/mol. The van der Waals surface area contributed by atoms with E-state index in [1.54, 1.807) is 6.92 Å². The molecule has 1 aromatic rings. The molecule has 0 aromatic heterocycles. The number of benzene rings is 1. The monoisotopic (exact) mass is 194 g/mol. The Morgan fingerprint density at radius 1 is 1.36 bits per heavy atom. The standard InChI is InChI=1S/C7H8O.C4H6O2/c8-6-7-4-2-1-3-5-7;1-2-3-4(5)6/h1-5,8H,6H2;2-3H,1H3,(H,5,6). The summed E-state index contributed by atoms with van der Waals surface area (Å²) < 4.78 is 0. The van der Waals surface area contributed by atoms with Gasteiger partial charge in [-0.25, -0.2) is 4.79 Å². The molecule has 2 N–H and O–H groups in total. The van der Waals surface area contributed by atoms with Crippen LogP contribution in [0.3, 0.4) is 0 Å². The van der Waals surface area contributed by atoms with Crippen molar-refractivity contribution in [2.45, 2.75) is 13.5 Å². The molecule has 14 heavy (non-hydrogen) atoms. The molecule has 0 fully saturated rings. The lowest BCUT2D eigenvalue weighted by atomic mass is 10.2. The van der Waals surface area contributed by atoms with Crippen molar-refractivity contribution in [1.82, 2.24) is 0 Å². The molecule has 0 aliphatic carbocycles. The van der Waals surface area contributed by atoms with Crippen molar-refractivity contribution in [3.8, 4) is 0 Å². The van der Waals surface area contributed by atoms with Gasteiger partial charge in [0.25, 0.3) is 0 Å². The Bertz CT molecular complexity index is 278. The first kappa shape index (κ1) is 12.4. The van der Waals surface area contributed by atoms with Crippen molar-refractivity contribution in [2.75, 3.05) is 0 Å². The SMILES string of the molecule is CC=CC(=O)O.OCc1ccccc1. The molecular formula is C11H14O3. The van der Waals surface area contributed by atoms with E-state index in [-0.39, 0.29) is 6.61 Å². The zero-order valence-electron chi connectivity index (χ0n) is 8.05. The summed E-state index contributed by atoms with van der Waals surface area (Å²) in [7, 11) is 0. The largest absolute Gasteiger partial charge is 0.478 e. The molecule has 0 radical (unpaired) electrons. The lowest BCUT2D eigenvalue weighted by Crippen LogP contribution is -1.83. The van der Waals surface area contributed by atoms with Crippen LogP contribution < -0.4 is 0 Å². The van der Waals surface area contributed by atoms with Gasteiger partial charge in [-0.15, -0.1) is 0 Å². The Kier molecular flexibility index (Phi) is 7.09. The number of rotatable bonds is 2. The van der Waals surface area contributed by atoms with Gasteiger partial charge < -0.3 is 10.2 Å². The first-order valence-electron chi connectivity index (χ1n) is 4.21. The first-order chi connectivity index (χ1) is 6.70. The van der Waals surface area contributed by atoms with E-state index in [2.05, 4.69) is 0 Å². The van der Waals surface area contributed by atoms with Crippen LogP contribution in [0.5, 0.6) is 0 Å². The Labute approximate surface area is 83.3 Å². The smallest absolute Gasteiger partial charge is 0.327 e. The van der Waals surface area contributed by atoms with Crippen LogP contribution in [0.2, 0.25) is 0 Å². The topological polar surface area (TPSA) is 57.5 Å². The fourth-order valence-electron chi connectivity index (χ4n) is 0.726. The summed E-state index contributed by atoms with van der Waals surface area (Å²) in [4.78, 5) is 9.51. The molecule has 0 amide bonds. The van der Waals surface area contributed by atoms with Crippen LogP contribution in [0.1, 0.15) is 12.5 Å². The van der Waals surface area contributed by atoms with Gasteiger partial charge in [0.05, 0.1) is 6.61 Å². The highest BCUT2D eigenvalue weighted by molar-refractivity contribution is 5.79. The van der Waals surface area contributed by atoms with E-state index in [1.165, 1.54) is 6.08 Å². The van der Waals surface area contributed by atoms with Crippen molar-refractivity contribution < 1.29 is 15.0 Å². The van der Waals surface area contributed by atoms with Crippen LogP contribution in [0.4, 0.5) is 0 Å². The lowest BCUT2D eigenvalue weighted by molar-refractivity contribution is -0.131.